The van der Waals surface area contributed by atoms with Crippen LogP contribution in [0.2, 0.25) is 0 Å². The van der Waals surface area contributed by atoms with Crippen LogP contribution in [0.15, 0.2) is 140 Å². The average molecular weight is 871 g/mol. The second kappa shape index (κ2) is 13.2. The smallest absolute Gasteiger partial charge is 0.198 e. The van der Waals surface area contributed by atoms with E-state index in [1.54, 1.807) is 0 Å². The molecule has 66 heavy (non-hydrogen) atoms. The molecule has 0 saturated carbocycles. The summed E-state index contributed by atoms with van der Waals surface area (Å²) in [4.78, 5) is 0. The van der Waals surface area contributed by atoms with Gasteiger partial charge >= 0.3 is 0 Å². The lowest BCUT2D eigenvalue weighted by molar-refractivity contribution is 0.584. The van der Waals surface area contributed by atoms with Gasteiger partial charge in [-0.05, 0) is 126 Å². The zero-order valence-corrected chi connectivity index (χ0v) is 40.7. The maximum absolute atomic E-state index is 4.04. The van der Waals surface area contributed by atoms with E-state index in [0.29, 0.717) is 0 Å². The molecule has 2 aromatic heterocycles. The van der Waals surface area contributed by atoms with Crippen LogP contribution in [0.1, 0.15) is 103 Å². The van der Waals surface area contributed by atoms with Gasteiger partial charge in [0, 0.05) is 69.9 Å². The van der Waals surface area contributed by atoms with Gasteiger partial charge in [-0.15, -0.1) is 11.3 Å². The standard InChI is InChI=1S/C62H55BN2S/c1-59(2,3)34-19-22-36(23-20-34)64-52-32-50-42(38-24-21-35(60(4,5)6)27-48(38)62(50,9)10)28-44(52)40-25-26-41-45-29-46-39-16-12-14-18-55(39)66-56(46)33-53(45)65-54-30-43-37-15-11-13-17-47(37)61(7,8)49(43)31-51(54)63-57(40)58(41)65/h11-33,63-64H,1-10H3. The number of benzene rings is 8. The van der Waals surface area contributed by atoms with Gasteiger partial charge in [0.25, 0.3) is 0 Å². The Balaban J connectivity index is 1.10. The average Bonchev–Trinajstić information content (AvgIpc) is 3.95. The highest BCUT2D eigenvalue weighted by molar-refractivity contribution is 7.25. The minimum Gasteiger partial charge on any atom is -0.355 e. The van der Waals surface area contributed by atoms with Gasteiger partial charge in [-0.2, -0.15) is 0 Å². The lowest BCUT2D eigenvalue weighted by Crippen LogP contribution is -2.38. The molecule has 0 bridgehead atoms. The van der Waals surface area contributed by atoms with Crippen molar-refractivity contribution in [2.45, 2.75) is 90.9 Å². The third-order valence-corrected chi connectivity index (χ3v) is 17.1. The van der Waals surface area contributed by atoms with Gasteiger partial charge in [0.05, 0.1) is 5.52 Å². The van der Waals surface area contributed by atoms with E-state index in [0.717, 1.165) is 18.7 Å². The molecular formula is C62H55BN2S. The fourth-order valence-corrected chi connectivity index (χ4v) is 13.3. The van der Waals surface area contributed by atoms with E-state index in [1.807, 2.05) is 11.3 Å². The van der Waals surface area contributed by atoms with Crippen molar-refractivity contribution in [3.05, 3.63) is 173 Å². The fourth-order valence-electron chi connectivity index (χ4n) is 12.2. The van der Waals surface area contributed by atoms with Gasteiger partial charge in [0.1, 0.15) is 0 Å². The van der Waals surface area contributed by atoms with Gasteiger partial charge in [-0.1, -0.05) is 166 Å². The van der Waals surface area contributed by atoms with Crippen LogP contribution >= 0.6 is 11.3 Å². The molecule has 0 spiro atoms. The summed E-state index contributed by atoms with van der Waals surface area (Å²) in [7, 11) is 0.850. The molecule has 0 fully saturated rings. The van der Waals surface area contributed by atoms with Crippen LogP contribution in [0.4, 0.5) is 11.4 Å². The van der Waals surface area contributed by atoms with Crippen molar-refractivity contribution in [1.29, 1.82) is 0 Å². The van der Waals surface area contributed by atoms with E-state index < -0.39 is 0 Å². The molecule has 10 aromatic rings. The molecule has 0 saturated heterocycles. The highest BCUT2D eigenvalue weighted by Crippen LogP contribution is 2.54. The Morgan fingerprint density at radius 2 is 1.14 bits per heavy atom. The van der Waals surface area contributed by atoms with E-state index in [2.05, 4.69) is 219 Å². The highest BCUT2D eigenvalue weighted by Gasteiger charge is 2.40. The highest BCUT2D eigenvalue weighted by atomic mass is 32.1. The summed E-state index contributed by atoms with van der Waals surface area (Å²) >= 11 is 1.91. The van der Waals surface area contributed by atoms with Gasteiger partial charge in [0.15, 0.2) is 7.28 Å². The second-order valence-electron chi connectivity index (χ2n) is 22.7. The third-order valence-electron chi connectivity index (χ3n) is 15.9. The van der Waals surface area contributed by atoms with E-state index in [1.165, 1.54) is 125 Å². The van der Waals surface area contributed by atoms with E-state index in [4.69, 9.17) is 0 Å². The number of rotatable bonds is 3. The molecule has 0 radical (unpaired) electrons. The first kappa shape index (κ1) is 40.0. The Hall–Kier alpha value is -6.36. The molecule has 0 amide bonds. The molecule has 1 N–H and O–H groups in total. The van der Waals surface area contributed by atoms with E-state index in [-0.39, 0.29) is 21.7 Å². The summed E-state index contributed by atoms with van der Waals surface area (Å²) in [6, 6.07) is 54.4. The van der Waals surface area contributed by atoms with Crippen molar-refractivity contribution in [3.8, 4) is 39.1 Å². The Kier molecular flexibility index (Phi) is 7.97. The summed E-state index contributed by atoms with van der Waals surface area (Å²) in [5.41, 5.74) is 25.1. The van der Waals surface area contributed by atoms with Crippen molar-refractivity contribution in [1.82, 2.24) is 4.57 Å². The molecule has 322 valence electrons. The van der Waals surface area contributed by atoms with Gasteiger partial charge in [-0.25, -0.2) is 0 Å². The number of nitrogens with one attached hydrogen (secondary N) is 1. The minimum atomic E-state index is -0.164. The molecule has 3 aliphatic rings. The zero-order chi connectivity index (χ0) is 45.4. The number of fused-ring (bicyclic) bond motifs is 14. The maximum Gasteiger partial charge on any atom is 0.198 e. The molecule has 1 aliphatic heterocycles. The van der Waals surface area contributed by atoms with Crippen LogP contribution in [-0.2, 0) is 21.7 Å². The molecule has 2 nitrogen and oxygen atoms in total. The lowest BCUT2D eigenvalue weighted by atomic mass is 9.58. The molecule has 4 heteroatoms. The zero-order valence-electron chi connectivity index (χ0n) is 39.8. The minimum absolute atomic E-state index is 0.0597. The summed E-state index contributed by atoms with van der Waals surface area (Å²) in [6.07, 6.45) is 0. The number of hydrogen-bond donors (Lipinski definition) is 1. The lowest BCUT2D eigenvalue weighted by Gasteiger charge is -2.28. The van der Waals surface area contributed by atoms with Crippen LogP contribution in [0.25, 0.3) is 81.0 Å². The quantitative estimate of drug-likeness (QED) is 0.175. The van der Waals surface area contributed by atoms with Gasteiger partial charge in [0.2, 0.25) is 0 Å². The molecule has 0 unspecified atom stereocenters. The van der Waals surface area contributed by atoms with Crippen LogP contribution < -0.4 is 16.2 Å². The van der Waals surface area contributed by atoms with Crippen molar-refractivity contribution < 1.29 is 0 Å². The first-order valence-corrected chi connectivity index (χ1v) is 24.7. The van der Waals surface area contributed by atoms with Gasteiger partial charge < -0.3 is 9.88 Å². The Bertz CT molecular complexity index is 3770. The van der Waals surface area contributed by atoms with Gasteiger partial charge in [-0.3, -0.25) is 0 Å². The Morgan fingerprint density at radius 3 is 1.92 bits per heavy atom. The van der Waals surface area contributed by atoms with Crippen molar-refractivity contribution in [2.75, 3.05) is 5.32 Å². The van der Waals surface area contributed by atoms with Crippen molar-refractivity contribution in [3.63, 3.8) is 0 Å². The van der Waals surface area contributed by atoms with E-state index in [9.17, 15) is 0 Å². The Labute approximate surface area is 393 Å². The van der Waals surface area contributed by atoms with Crippen LogP contribution in [-0.4, -0.2) is 11.8 Å². The third kappa shape index (κ3) is 5.48. The number of aromatic nitrogens is 1. The maximum atomic E-state index is 4.04. The van der Waals surface area contributed by atoms with E-state index >= 15 is 0 Å². The predicted octanol–water partition coefficient (Wildman–Crippen LogP) is 15.5. The number of anilines is 2. The first-order chi connectivity index (χ1) is 31.5. The summed E-state index contributed by atoms with van der Waals surface area (Å²) < 4.78 is 5.33. The SMILES string of the molecule is CC(C)(C)c1ccc(Nc2cc3c(cc2-c2ccc4c5cc6c(cc5n5c4c2Bc2cc4c(cc2-5)-c2ccccc2C4(C)C)sc2ccccc26)-c2ccc(C(C)(C)C)cc2C3(C)C)cc1. The molecule has 2 aliphatic carbocycles. The largest absolute Gasteiger partial charge is 0.355 e. The molecular weight excluding hydrogens is 816 g/mol. The summed E-state index contributed by atoms with van der Waals surface area (Å²) in [5.74, 6) is 0. The number of thiophene rings is 1. The van der Waals surface area contributed by atoms with Crippen LogP contribution in [0.5, 0.6) is 0 Å². The normalized spacial score (nSPS) is 15.2. The molecule has 0 atom stereocenters. The van der Waals surface area contributed by atoms with Crippen molar-refractivity contribution >= 4 is 82.9 Å². The predicted molar refractivity (Wildman–Crippen MR) is 288 cm³/mol. The monoisotopic (exact) mass is 870 g/mol. The molecule has 13 rings (SSSR count). The van der Waals surface area contributed by atoms with Crippen LogP contribution in [0.3, 0.4) is 0 Å². The first-order valence-electron chi connectivity index (χ1n) is 23.9. The number of nitrogens with zero attached hydrogens (tertiary/aromatic N) is 1. The second-order valence-corrected chi connectivity index (χ2v) is 23.8. The van der Waals surface area contributed by atoms with Crippen LogP contribution in [0, 0.1) is 0 Å². The fraction of sp³-hybridized carbons (Fsp3) is 0.226. The summed E-state index contributed by atoms with van der Waals surface area (Å²) in [6.45, 7) is 23.5. The molecule has 8 aromatic carbocycles. The topological polar surface area (TPSA) is 17.0 Å². The number of hydrogen-bond acceptors (Lipinski definition) is 2. The Morgan fingerprint density at radius 1 is 0.485 bits per heavy atom. The molecule has 3 heterocycles. The van der Waals surface area contributed by atoms with Crippen molar-refractivity contribution in [2.24, 2.45) is 0 Å². The summed E-state index contributed by atoms with van der Waals surface area (Å²) in [5, 5.41) is 9.36.